The fourth-order valence-electron chi connectivity index (χ4n) is 2.10. The van der Waals surface area contributed by atoms with E-state index in [9.17, 15) is 18.4 Å². The van der Waals surface area contributed by atoms with E-state index in [1.807, 2.05) is 11.9 Å². The van der Waals surface area contributed by atoms with Gasteiger partial charge in [0.05, 0.1) is 24.5 Å². The molecule has 136 valence electrons. The third-order valence-electron chi connectivity index (χ3n) is 3.42. The highest BCUT2D eigenvalue weighted by Crippen LogP contribution is 2.28. The van der Waals surface area contributed by atoms with Crippen LogP contribution in [0.4, 0.5) is 20.2 Å². The molecule has 2 amide bonds. The standard InChI is InChI=1S/C14H18F2N4O2.2ClH/c1-20-5-4-12(21)19-10-6-9(2-3-11(10)20)13(22)18-8-14(15,16)7-17;;/h2-3,6H,4-5,7-8,17H2,1H3,(H,18,22)(H,19,21);2*1H. The summed E-state index contributed by atoms with van der Waals surface area (Å²) in [5.41, 5.74) is 6.37. The molecule has 4 N–H and O–H groups in total. The van der Waals surface area contributed by atoms with Gasteiger partial charge in [-0.25, -0.2) is 8.78 Å². The Morgan fingerprint density at radius 1 is 1.42 bits per heavy atom. The Hall–Kier alpha value is -1.64. The molecule has 10 heteroatoms. The van der Waals surface area contributed by atoms with E-state index < -0.39 is 24.9 Å². The lowest BCUT2D eigenvalue weighted by Crippen LogP contribution is -2.41. The molecule has 0 saturated carbocycles. The van der Waals surface area contributed by atoms with E-state index in [1.54, 1.807) is 6.07 Å². The van der Waals surface area contributed by atoms with Gasteiger partial charge in [0.2, 0.25) is 5.91 Å². The maximum absolute atomic E-state index is 13.1. The molecule has 1 heterocycles. The van der Waals surface area contributed by atoms with Crippen molar-refractivity contribution < 1.29 is 18.4 Å². The Bertz CT molecular complexity index is 602. The lowest BCUT2D eigenvalue weighted by Gasteiger charge is -2.19. The number of amides is 2. The minimum absolute atomic E-state index is 0. The number of carbonyl (C=O) groups is 2. The van der Waals surface area contributed by atoms with Gasteiger partial charge in [0.15, 0.2) is 0 Å². The van der Waals surface area contributed by atoms with Crippen LogP contribution in [0.2, 0.25) is 0 Å². The van der Waals surface area contributed by atoms with Crippen molar-refractivity contribution in [2.75, 3.05) is 36.9 Å². The lowest BCUT2D eigenvalue weighted by atomic mass is 10.1. The van der Waals surface area contributed by atoms with Gasteiger partial charge in [-0.3, -0.25) is 9.59 Å². The molecule has 1 aliphatic rings. The van der Waals surface area contributed by atoms with Crippen LogP contribution in [0, 0.1) is 0 Å². The number of halogens is 4. The van der Waals surface area contributed by atoms with Crippen LogP contribution in [-0.2, 0) is 4.79 Å². The number of anilines is 2. The van der Waals surface area contributed by atoms with E-state index in [-0.39, 0.29) is 36.3 Å². The molecule has 2 rings (SSSR count). The first-order valence-corrected chi connectivity index (χ1v) is 6.83. The number of nitrogens with two attached hydrogens (primary N) is 1. The lowest BCUT2D eigenvalue weighted by molar-refractivity contribution is -0.115. The highest BCUT2D eigenvalue weighted by atomic mass is 35.5. The molecular formula is C14H20Cl2F2N4O2. The largest absolute Gasteiger partial charge is 0.372 e. The zero-order valence-electron chi connectivity index (χ0n) is 13.0. The SMILES string of the molecule is CN1CCC(=O)Nc2cc(C(=O)NCC(F)(F)CN)ccc21.Cl.Cl. The van der Waals surface area contributed by atoms with Crippen LogP contribution in [0.3, 0.4) is 0 Å². The molecule has 1 aromatic carbocycles. The Morgan fingerprint density at radius 3 is 2.71 bits per heavy atom. The molecular weight excluding hydrogens is 365 g/mol. The number of carbonyl (C=O) groups excluding carboxylic acids is 2. The van der Waals surface area contributed by atoms with Crippen LogP contribution in [0.1, 0.15) is 16.8 Å². The van der Waals surface area contributed by atoms with Crippen molar-refractivity contribution in [2.45, 2.75) is 12.3 Å². The Morgan fingerprint density at radius 2 is 2.08 bits per heavy atom. The summed E-state index contributed by atoms with van der Waals surface area (Å²) in [5, 5.41) is 4.84. The van der Waals surface area contributed by atoms with E-state index in [0.717, 1.165) is 5.69 Å². The fraction of sp³-hybridized carbons (Fsp3) is 0.429. The zero-order chi connectivity index (χ0) is 16.3. The smallest absolute Gasteiger partial charge is 0.277 e. The molecule has 0 aromatic heterocycles. The maximum atomic E-state index is 13.1. The zero-order valence-corrected chi connectivity index (χ0v) is 14.6. The predicted molar refractivity (Wildman–Crippen MR) is 93.8 cm³/mol. The van der Waals surface area contributed by atoms with Crippen LogP contribution in [-0.4, -0.2) is 44.4 Å². The third-order valence-corrected chi connectivity index (χ3v) is 3.42. The van der Waals surface area contributed by atoms with Crippen molar-refractivity contribution in [3.63, 3.8) is 0 Å². The van der Waals surface area contributed by atoms with Crippen LogP contribution in [0.25, 0.3) is 0 Å². The van der Waals surface area contributed by atoms with Gasteiger partial charge in [-0.05, 0) is 18.2 Å². The van der Waals surface area contributed by atoms with E-state index in [0.29, 0.717) is 18.7 Å². The van der Waals surface area contributed by atoms with Gasteiger partial charge in [-0.1, -0.05) is 0 Å². The summed E-state index contributed by atoms with van der Waals surface area (Å²) in [7, 11) is 1.83. The molecule has 0 unspecified atom stereocenters. The van der Waals surface area contributed by atoms with E-state index >= 15 is 0 Å². The summed E-state index contributed by atoms with van der Waals surface area (Å²) in [6.45, 7) is -1.10. The first kappa shape index (κ1) is 22.4. The van der Waals surface area contributed by atoms with Crippen LogP contribution in [0.15, 0.2) is 18.2 Å². The van der Waals surface area contributed by atoms with Crippen molar-refractivity contribution in [1.29, 1.82) is 0 Å². The first-order valence-electron chi connectivity index (χ1n) is 6.83. The molecule has 0 fully saturated rings. The van der Waals surface area contributed by atoms with Gasteiger partial charge in [-0.2, -0.15) is 0 Å². The van der Waals surface area contributed by atoms with Crippen LogP contribution < -0.4 is 21.3 Å². The number of hydrogen-bond donors (Lipinski definition) is 3. The Labute approximate surface area is 151 Å². The summed E-state index contributed by atoms with van der Waals surface area (Å²) in [6, 6.07) is 4.69. The molecule has 0 aliphatic carbocycles. The molecule has 1 aliphatic heterocycles. The second kappa shape index (κ2) is 9.00. The van der Waals surface area contributed by atoms with Gasteiger partial charge >= 0.3 is 0 Å². The fourth-order valence-corrected chi connectivity index (χ4v) is 2.10. The van der Waals surface area contributed by atoms with Crippen LogP contribution >= 0.6 is 24.8 Å². The maximum Gasteiger partial charge on any atom is 0.277 e. The summed E-state index contributed by atoms with van der Waals surface area (Å²) in [6.07, 6.45) is 0.343. The molecule has 0 radical (unpaired) electrons. The van der Waals surface area contributed by atoms with Gasteiger partial charge in [-0.15, -0.1) is 24.8 Å². The first-order chi connectivity index (χ1) is 10.3. The quantitative estimate of drug-likeness (QED) is 0.736. The number of nitrogens with one attached hydrogen (secondary N) is 2. The predicted octanol–water partition coefficient (Wildman–Crippen LogP) is 1.63. The Balaban J connectivity index is 0.00000264. The number of hydrogen-bond acceptors (Lipinski definition) is 4. The number of fused-ring (bicyclic) bond motifs is 1. The van der Waals surface area contributed by atoms with Crippen molar-refractivity contribution in [1.82, 2.24) is 5.32 Å². The van der Waals surface area contributed by atoms with Gasteiger partial charge < -0.3 is 21.3 Å². The average molecular weight is 385 g/mol. The molecule has 1 aromatic rings. The third kappa shape index (κ3) is 5.47. The van der Waals surface area contributed by atoms with Gasteiger partial charge in [0, 0.05) is 25.6 Å². The van der Waals surface area contributed by atoms with E-state index in [4.69, 9.17) is 5.73 Å². The molecule has 0 spiro atoms. The van der Waals surface area contributed by atoms with E-state index in [1.165, 1.54) is 12.1 Å². The normalized spacial score (nSPS) is 13.7. The number of alkyl halides is 2. The monoisotopic (exact) mass is 384 g/mol. The van der Waals surface area contributed by atoms with Gasteiger partial charge in [0.25, 0.3) is 11.8 Å². The second-order valence-electron chi connectivity index (χ2n) is 5.19. The molecule has 0 atom stereocenters. The Kier molecular flexibility index (Phi) is 8.39. The average Bonchev–Trinajstić information content (AvgIpc) is 2.63. The second-order valence-corrected chi connectivity index (χ2v) is 5.19. The molecule has 24 heavy (non-hydrogen) atoms. The molecule has 6 nitrogen and oxygen atoms in total. The van der Waals surface area contributed by atoms with Crippen molar-refractivity contribution in [3.8, 4) is 0 Å². The number of rotatable bonds is 4. The minimum atomic E-state index is -3.14. The molecule has 0 bridgehead atoms. The van der Waals surface area contributed by atoms with Crippen molar-refractivity contribution in [3.05, 3.63) is 23.8 Å². The van der Waals surface area contributed by atoms with Gasteiger partial charge in [0.1, 0.15) is 0 Å². The molecule has 0 saturated heterocycles. The minimum Gasteiger partial charge on any atom is -0.372 e. The highest BCUT2D eigenvalue weighted by Gasteiger charge is 2.27. The summed E-state index contributed by atoms with van der Waals surface area (Å²) in [4.78, 5) is 25.4. The number of nitrogens with zero attached hydrogens (tertiary/aromatic N) is 1. The summed E-state index contributed by atoms with van der Waals surface area (Å²) in [5.74, 6) is -3.94. The number of benzene rings is 1. The summed E-state index contributed by atoms with van der Waals surface area (Å²) < 4.78 is 26.1. The topological polar surface area (TPSA) is 87.5 Å². The summed E-state index contributed by atoms with van der Waals surface area (Å²) >= 11 is 0. The van der Waals surface area contributed by atoms with E-state index in [2.05, 4.69) is 10.6 Å². The van der Waals surface area contributed by atoms with Crippen LogP contribution in [0.5, 0.6) is 0 Å². The highest BCUT2D eigenvalue weighted by molar-refractivity contribution is 6.00. The van der Waals surface area contributed by atoms with Crippen molar-refractivity contribution >= 4 is 48.0 Å². The van der Waals surface area contributed by atoms with Crippen molar-refractivity contribution in [2.24, 2.45) is 5.73 Å².